The van der Waals surface area contributed by atoms with Gasteiger partial charge in [-0.05, 0) is 38.0 Å². The van der Waals surface area contributed by atoms with E-state index in [2.05, 4.69) is 10.6 Å². The van der Waals surface area contributed by atoms with Gasteiger partial charge in [-0.15, -0.1) is 0 Å². The summed E-state index contributed by atoms with van der Waals surface area (Å²) in [6.45, 7) is 2.96. The minimum atomic E-state index is -3.75. The van der Waals surface area contributed by atoms with Crippen molar-refractivity contribution in [2.45, 2.75) is 31.1 Å². The van der Waals surface area contributed by atoms with Crippen LogP contribution in [0, 0.1) is 0 Å². The second kappa shape index (κ2) is 8.64. The van der Waals surface area contributed by atoms with Crippen molar-refractivity contribution in [1.82, 2.24) is 14.9 Å². The molecule has 1 saturated heterocycles. The molecule has 1 aliphatic heterocycles. The topological polar surface area (TPSA) is 95.6 Å². The Morgan fingerprint density at radius 3 is 2.48 bits per heavy atom. The number of nitrogens with zero attached hydrogens (tertiary/aromatic N) is 1. The van der Waals surface area contributed by atoms with Gasteiger partial charge in [-0.2, -0.15) is 4.31 Å². The molecule has 0 radical (unpaired) electrons. The molecular weight excluding hydrogens is 366 g/mol. The predicted molar refractivity (Wildman–Crippen MR) is 95.1 cm³/mol. The van der Waals surface area contributed by atoms with Crippen LogP contribution in [0.4, 0.5) is 0 Å². The van der Waals surface area contributed by atoms with Crippen molar-refractivity contribution < 1.29 is 18.0 Å². The first-order chi connectivity index (χ1) is 11.9. The molecule has 2 N–H and O–H groups in total. The number of piperidine rings is 1. The summed E-state index contributed by atoms with van der Waals surface area (Å²) in [5.41, 5.74) is 0.143. The second-order valence-electron chi connectivity index (χ2n) is 5.75. The van der Waals surface area contributed by atoms with Gasteiger partial charge in [0.2, 0.25) is 15.9 Å². The van der Waals surface area contributed by atoms with Crippen molar-refractivity contribution in [3.63, 3.8) is 0 Å². The van der Waals surface area contributed by atoms with E-state index in [1.165, 1.54) is 22.5 Å². The first-order valence-corrected chi connectivity index (χ1v) is 10.0. The van der Waals surface area contributed by atoms with Gasteiger partial charge < -0.3 is 10.6 Å². The number of sulfonamides is 1. The van der Waals surface area contributed by atoms with E-state index in [0.29, 0.717) is 19.6 Å². The normalized spacial score (nSPS) is 15.6. The lowest BCUT2D eigenvalue weighted by molar-refractivity contribution is -0.120. The smallest absolute Gasteiger partial charge is 0.251 e. The fourth-order valence-corrected chi connectivity index (χ4v) is 4.63. The fourth-order valence-electron chi connectivity index (χ4n) is 2.61. The summed E-state index contributed by atoms with van der Waals surface area (Å²) in [6.07, 6.45) is 2.62. The van der Waals surface area contributed by atoms with Crippen LogP contribution in [-0.4, -0.2) is 50.7 Å². The highest BCUT2D eigenvalue weighted by Gasteiger charge is 2.28. The van der Waals surface area contributed by atoms with Crippen LogP contribution in [0.3, 0.4) is 0 Å². The highest BCUT2D eigenvalue weighted by Crippen LogP contribution is 2.27. The number of likely N-dealkylation sites (N-methyl/N-ethyl adjacent to an activating group) is 1. The molecular formula is C16H22ClN3O4S. The predicted octanol–water partition coefficient (Wildman–Crippen LogP) is 1.38. The lowest BCUT2D eigenvalue weighted by Crippen LogP contribution is -2.37. The Labute approximate surface area is 152 Å². The minimum Gasteiger partial charge on any atom is -0.355 e. The maximum absolute atomic E-state index is 12.8. The Kier molecular flexibility index (Phi) is 6.80. The average Bonchev–Trinajstić information content (AvgIpc) is 2.61. The molecule has 0 bridgehead atoms. The molecule has 1 aliphatic rings. The van der Waals surface area contributed by atoms with E-state index in [9.17, 15) is 18.0 Å². The van der Waals surface area contributed by atoms with E-state index < -0.39 is 15.9 Å². The Balaban J connectivity index is 2.19. The molecule has 25 heavy (non-hydrogen) atoms. The van der Waals surface area contributed by atoms with E-state index in [4.69, 9.17) is 11.6 Å². The van der Waals surface area contributed by atoms with Gasteiger partial charge in [0, 0.05) is 25.2 Å². The number of benzene rings is 1. The third-order valence-electron chi connectivity index (χ3n) is 3.91. The third-order valence-corrected chi connectivity index (χ3v) is 6.29. The summed E-state index contributed by atoms with van der Waals surface area (Å²) in [5.74, 6) is -0.844. The van der Waals surface area contributed by atoms with E-state index >= 15 is 0 Å². The van der Waals surface area contributed by atoms with Crippen molar-refractivity contribution in [1.29, 1.82) is 0 Å². The quantitative estimate of drug-likeness (QED) is 0.770. The van der Waals surface area contributed by atoms with Crippen LogP contribution >= 0.6 is 11.6 Å². The Morgan fingerprint density at radius 1 is 1.16 bits per heavy atom. The van der Waals surface area contributed by atoms with E-state index in [1.54, 1.807) is 6.92 Å². The molecule has 0 saturated carbocycles. The van der Waals surface area contributed by atoms with Crippen molar-refractivity contribution >= 4 is 33.4 Å². The molecule has 0 atom stereocenters. The van der Waals surface area contributed by atoms with Gasteiger partial charge in [-0.1, -0.05) is 18.0 Å². The molecule has 138 valence electrons. The van der Waals surface area contributed by atoms with Gasteiger partial charge in [0.25, 0.3) is 5.91 Å². The number of hydrogen-bond donors (Lipinski definition) is 2. The van der Waals surface area contributed by atoms with E-state index in [0.717, 1.165) is 19.3 Å². The van der Waals surface area contributed by atoms with E-state index in [1.807, 2.05) is 0 Å². The molecule has 2 amide bonds. The Morgan fingerprint density at radius 2 is 1.84 bits per heavy atom. The van der Waals surface area contributed by atoms with Crippen LogP contribution in [0.1, 0.15) is 36.5 Å². The molecule has 1 heterocycles. The molecule has 1 fully saturated rings. The summed E-state index contributed by atoms with van der Waals surface area (Å²) < 4.78 is 27.0. The lowest BCUT2D eigenvalue weighted by Gasteiger charge is -2.26. The van der Waals surface area contributed by atoms with Crippen molar-refractivity contribution in [3.8, 4) is 0 Å². The van der Waals surface area contributed by atoms with E-state index in [-0.39, 0.29) is 27.9 Å². The lowest BCUT2D eigenvalue weighted by atomic mass is 10.2. The van der Waals surface area contributed by atoms with Gasteiger partial charge in [0.1, 0.15) is 4.90 Å². The molecule has 2 rings (SSSR count). The average molecular weight is 388 g/mol. The molecule has 1 aromatic rings. The van der Waals surface area contributed by atoms with Crippen LogP contribution in [0.2, 0.25) is 5.02 Å². The number of halogens is 1. The first kappa shape index (κ1) is 19.7. The van der Waals surface area contributed by atoms with Gasteiger partial charge >= 0.3 is 0 Å². The van der Waals surface area contributed by atoms with Crippen molar-refractivity contribution in [2.75, 3.05) is 26.2 Å². The van der Waals surface area contributed by atoms with Crippen LogP contribution in [-0.2, 0) is 14.8 Å². The third kappa shape index (κ3) is 4.93. The van der Waals surface area contributed by atoms with Crippen LogP contribution in [0.5, 0.6) is 0 Å². The number of rotatable bonds is 6. The summed E-state index contributed by atoms with van der Waals surface area (Å²) in [6, 6.07) is 4.09. The van der Waals surface area contributed by atoms with Crippen molar-refractivity contribution in [3.05, 3.63) is 28.8 Å². The van der Waals surface area contributed by atoms with Gasteiger partial charge in [0.15, 0.2) is 0 Å². The number of hydrogen-bond acceptors (Lipinski definition) is 4. The number of carbonyl (C=O) groups excluding carboxylic acids is 2. The number of carbonyl (C=O) groups is 2. The highest BCUT2D eigenvalue weighted by atomic mass is 35.5. The SMILES string of the molecule is CCNC(=O)CNC(=O)c1ccc(Cl)c(S(=O)(=O)N2CCCCC2)c1. The van der Waals surface area contributed by atoms with Crippen LogP contribution < -0.4 is 10.6 Å². The Hall–Kier alpha value is -1.64. The summed E-state index contributed by atoms with van der Waals surface area (Å²) in [4.78, 5) is 23.5. The molecule has 0 unspecified atom stereocenters. The molecule has 0 aromatic heterocycles. The maximum atomic E-state index is 12.8. The molecule has 7 nitrogen and oxygen atoms in total. The van der Waals surface area contributed by atoms with Crippen LogP contribution in [0.25, 0.3) is 0 Å². The monoisotopic (exact) mass is 387 g/mol. The highest BCUT2D eigenvalue weighted by molar-refractivity contribution is 7.89. The number of nitrogens with one attached hydrogen (secondary N) is 2. The van der Waals surface area contributed by atoms with Gasteiger partial charge in [-0.3, -0.25) is 9.59 Å². The molecule has 9 heteroatoms. The molecule has 1 aromatic carbocycles. The van der Waals surface area contributed by atoms with Crippen LogP contribution in [0.15, 0.2) is 23.1 Å². The second-order valence-corrected chi connectivity index (χ2v) is 8.06. The molecule has 0 spiro atoms. The van der Waals surface area contributed by atoms with Gasteiger partial charge in [-0.25, -0.2) is 8.42 Å². The standard InChI is InChI=1S/C16H22ClN3O4S/c1-2-18-15(21)11-19-16(22)12-6-7-13(17)14(10-12)25(23,24)20-8-4-3-5-9-20/h6-7,10H,2-5,8-9,11H2,1H3,(H,18,21)(H,19,22). The zero-order valence-corrected chi connectivity index (χ0v) is 15.6. The maximum Gasteiger partial charge on any atom is 0.251 e. The zero-order valence-electron chi connectivity index (χ0n) is 14.0. The zero-order chi connectivity index (χ0) is 18.4. The minimum absolute atomic E-state index is 0.0749. The summed E-state index contributed by atoms with van der Waals surface area (Å²) in [7, 11) is -3.75. The fraction of sp³-hybridized carbons (Fsp3) is 0.500. The Bertz CT molecular complexity index is 746. The molecule has 0 aliphatic carbocycles. The summed E-state index contributed by atoms with van der Waals surface area (Å²) >= 11 is 6.07. The largest absolute Gasteiger partial charge is 0.355 e. The van der Waals surface area contributed by atoms with Gasteiger partial charge in [0.05, 0.1) is 11.6 Å². The first-order valence-electron chi connectivity index (χ1n) is 8.21. The summed E-state index contributed by atoms with van der Waals surface area (Å²) in [5, 5.41) is 5.10. The number of amides is 2. The van der Waals surface area contributed by atoms with Crippen molar-refractivity contribution in [2.24, 2.45) is 0 Å².